The summed E-state index contributed by atoms with van der Waals surface area (Å²) in [5.74, 6) is -1.05. The van der Waals surface area contributed by atoms with Crippen LogP contribution in [-0.4, -0.2) is 21.9 Å². The van der Waals surface area contributed by atoms with E-state index in [9.17, 15) is 9.59 Å². The number of carbonyl (C=O) groups excluding carboxylic acids is 2. The Morgan fingerprint density at radius 3 is 2.54 bits per heavy atom. The molecule has 3 rings (SSSR count). The van der Waals surface area contributed by atoms with Crippen molar-refractivity contribution in [1.29, 1.82) is 0 Å². The summed E-state index contributed by atoms with van der Waals surface area (Å²) < 4.78 is 0. The van der Waals surface area contributed by atoms with Crippen molar-refractivity contribution in [1.82, 2.24) is 10.3 Å². The topological polar surface area (TPSA) is 62.3 Å². The first kappa shape index (κ1) is 16.3. The van der Waals surface area contributed by atoms with Gasteiger partial charge in [-0.1, -0.05) is 17.7 Å². The minimum atomic E-state index is -0.543. The van der Waals surface area contributed by atoms with Crippen LogP contribution < -0.4 is 10.2 Å². The van der Waals surface area contributed by atoms with Crippen LogP contribution in [-0.2, 0) is 9.59 Å². The maximum atomic E-state index is 12.8. The largest absolute Gasteiger partial charge is 0.298 e. The lowest BCUT2D eigenvalue weighted by Crippen LogP contribution is -2.54. The number of anilines is 1. The molecule has 120 valence electrons. The summed E-state index contributed by atoms with van der Waals surface area (Å²) >= 11 is 11.0. The number of benzene rings is 1. The maximum Gasteiger partial charge on any atom is 0.270 e. The molecule has 0 aliphatic carbocycles. The van der Waals surface area contributed by atoms with E-state index in [2.05, 4.69) is 10.3 Å². The normalized spacial score (nSPS) is 16.5. The monoisotopic (exact) mass is 357 g/mol. The van der Waals surface area contributed by atoms with Crippen molar-refractivity contribution in [3.63, 3.8) is 0 Å². The van der Waals surface area contributed by atoms with E-state index in [0.717, 1.165) is 5.69 Å². The van der Waals surface area contributed by atoms with Crippen LogP contribution in [0.25, 0.3) is 6.08 Å². The maximum absolute atomic E-state index is 12.8. The fraction of sp³-hybridized carbons (Fsp3) is 0.0588. The molecule has 24 heavy (non-hydrogen) atoms. The molecule has 1 saturated heterocycles. The van der Waals surface area contributed by atoms with Gasteiger partial charge in [0.05, 0.1) is 11.4 Å². The Kier molecular flexibility index (Phi) is 4.42. The second-order valence-corrected chi connectivity index (χ2v) is 5.96. The highest BCUT2D eigenvalue weighted by Crippen LogP contribution is 2.23. The number of rotatable bonds is 2. The van der Waals surface area contributed by atoms with Crippen LogP contribution in [0.1, 0.15) is 11.4 Å². The summed E-state index contributed by atoms with van der Waals surface area (Å²) in [5.41, 5.74) is 1.81. The van der Waals surface area contributed by atoms with E-state index in [4.69, 9.17) is 23.8 Å². The SMILES string of the molecule is Cc1cccc(C=C2C(=O)NC(=S)N(c3ccc(Cl)cc3)C2=O)n1. The zero-order valence-corrected chi connectivity index (χ0v) is 14.2. The van der Waals surface area contributed by atoms with Gasteiger partial charge < -0.3 is 0 Å². The molecular formula is C17H12ClN3O2S. The van der Waals surface area contributed by atoms with Crippen LogP contribution in [0.4, 0.5) is 5.69 Å². The van der Waals surface area contributed by atoms with Crippen LogP contribution in [0.5, 0.6) is 0 Å². The number of aromatic nitrogens is 1. The third-order valence-corrected chi connectivity index (χ3v) is 3.93. The molecule has 2 heterocycles. The predicted octanol–water partition coefficient (Wildman–Crippen LogP) is 2.87. The Balaban J connectivity index is 2.01. The molecule has 5 nitrogen and oxygen atoms in total. The quantitative estimate of drug-likeness (QED) is 0.510. The molecule has 0 bridgehead atoms. The molecule has 1 aromatic heterocycles. The van der Waals surface area contributed by atoms with E-state index in [1.165, 1.54) is 11.0 Å². The number of aryl methyl sites for hydroxylation is 1. The Bertz CT molecular complexity index is 878. The molecule has 2 amide bonds. The van der Waals surface area contributed by atoms with Crippen molar-refractivity contribution >= 4 is 52.5 Å². The molecule has 1 N–H and O–H groups in total. The van der Waals surface area contributed by atoms with E-state index in [1.54, 1.807) is 30.3 Å². The van der Waals surface area contributed by atoms with Crippen molar-refractivity contribution < 1.29 is 9.59 Å². The number of carbonyl (C=O) groups is 2. The fourth-order valence-electron chi connectivity index (χ4n) is 2.27. The average Bonchev–Trinajstić information content (AvgIpc) is 2.53. The van der Waals surface area contributed by atoms with Crippen LogP contribution in [0, 0.1) is 6.92 Å². The van der Waals surface area contributed by atoms with Crippen molar-refractivity contribution in [2.24, 2.45) is 0 Å². The Morgan fingerprint density at radius 2 is 1.88 bits per heavy atom. The number of amides is 2. The van der Waals surface area contributed by atoms with Crippen LogP contribution in [0.2, 0.25) is 5.02 Å². The molecule has 1 aromatic carbocycles. The minimum absolute atomic E-state index is 0.0293. The third-order valence-electron chi connectivity index (χ3n) is 3.39. The molecule has 2 aromatic rings. The Labute approximate surface area is 148 Å². The van der Waals surface area contributed by atoms with Crippen LogP contribution in [0.3, 0.4) is 0 Å². The lowest BCUT2D eigenvalue weighted by molar-refractivity contribution is -0.122. The van der Waals surface area contributed by atoms with Gasteiger partial charge in [0.2, 0.25) is 0 Å². The molecule has 0 saturated carbocycles. The van der Waals surface area contributed by atoms with Gasteiger partial charge in [0.25, 0.3) is 11.8 Å². The number of pyridine rings is 1. The number of nitrogens with zero attached hydrogens (tertiary/aromatic N) is 2. The molecule has 7 heteroatoms. The van der Waals surface area contributed by atoms with Gasteiger partial charge in [0, 0.05) is 10.7 Å². The summed E-state index contributed by atoms with van der Waals surface area (Å²) in [6, 6.07) is 12.0. The molecule has 0 unspecified atom stereocenters. The predicted molar refractivity (Wildman–Crippen MR) is 96.6 cm³/mol. The van der Waals surface area contributed by atoms with Crippen molar-refractivity contribution in [2.45, 2.75) is 6.92 Å². The molecule has 0 spiro atoms. The fourth-order valence-corrected chi connectivity index (χ4v) is 2.68. The van der Waals surface area contributed by atoms with Gasteiger partial charge in [-0.15, -0.1) is 0 Å². The lowest BCUT2D eigenvalue weighted by Gasteiger charge is -2.28. The van der Waals surface area contributed by atoms with Gasteiger partial charge in [-0.3, -0.25) is 24.8 Å². The zero-order valence-electron chi connectivity index (χ0n) is 12.6. The van der Waals surface area contributed by atoms with Crippen LogP contribution >= 0.6 is 23.8 Å². The smallest absolute Gasteiger partial charge is 0.270 e. The number of hydrogen-bond acceptors (Lipinski definition) is 4. The number of nitrogens with one attached hydrogen (secondary N) is 1. The molecule has 1 fully saturated rings. The lowest BCUT2D eigenvalue weighted by atomic mass is 10.1. The van der Waals surface area contributed by atoms with Crippen molar-refractivity contribution in [3.05, 3.63) is 64.4 Å². The molecule has 0 atom stereocenters. The number of thiocarbonyl (C=S) groups is 1. The highest BCUT2D eigenvalue weighted by atomic mass is 35.5. The molecular weight excluding hydrogens is 346 g/mol. The first-order chi connectivity index (χ1) is 11.5. The summed E-state index contributed by atoms with van der Waals surface area (Å²) in [7, 11) is 0. The summed E-state index contributed by atoms with van der Waals surface area (Å²) in [4.78, 5) is 30.5. The second kappa shape index (κ2) is 6.51. The third kappa shape index (κ3) is 3.20. The van der Waals surface area contributed by atoms with Crippen molar-refractivity contribution in [3.8, 4) is 0 Å². The minimum Gasteiger partial charge on any atom is -0.298 e. The average molecular weight is 358 g/mol. The number of hydrogen-bond donors (Lipinski definition) is 1. The highest BCUT2D eigenvalue weighted by molar-refractivity contribution is 7.80. The summed E-state index contributed by atoms with van der Waals surface area (Å²) in [6.07, 6.45) is 1.45. The van der Waals surface area contributed by atoms with Gasteiger partial charge in [-0.2, -0.15) is 0 Å². The molecule has 1 aliphatic heterocycles. The van der Waals surface area contributed by atoms with Crippen LogP contribution in [0.15, 0.2) is 48.0 Å². The highest BCUT2D eigenvalue weighted by Gasteiger charge is 2.34. The summed E-state index contributed by atoms with van der Waals surface area (Å²) in [6.45, 7) is 1.83. The van der Waals surface area contributed by atoms with Gasteiger partial charge in [-0.25, -0.2) is 0 Å². The number of halogens is 1. The first-order valence-corrected chi connectivity index (χ1v) is 7.85. The van der Waals surface area contributed by atoms with Gasteiger partial charge in [0.15, 0.2) is 5.11 Å². The van der Waals surface area contributed by atoms with Gasteiger partial charge in [0.1, 0.15) is 5.57 Å². The van der Waals surface area contributed by atoms with Crippen molar-refractivity contribution in [2.75, 3.05) is 4.90 Å². The van der Waals surface area contributed by atoms with E-state index in [1.807, 2.05) is 19.1 Å². The molecule has 0 radical (unpaired) electrons. The first-order valence-electron chi connectivity index (χ1n) is 7.06. The van der Waals surface area contributed by atoms with Gasteiger partial charge >= 0.3 is 0 Å². The van der Waals surface area contributed by atoms with E-state index >= 15 is 0 Å². The Morgan fingerprint density at radius 1 is 1.17 bits per heavy atom. The standard InChI is InChI=1S/C17H12ClN3O2S/c1-10-3-2-4-12(19-10)9-14-15(22)20-17(24)21(16(14)23)13-7-5-11(18)6-8-13/h2-9H,1H3,(H,20,22,24). The molecule has 1 aliphatic rings. The van der Waals surface area contributed by atoms with E-state index in [0.29, 0.717) is 16.4 Å². The second-order valence-electron chi connectivity index (χ2n) is 5.14. The van der Waals surface area contributed by atoms with E-state index < -0.39 is 11.8 Å². The summed E-state index contributed by atoms with van der Waals surface area (Å²) in [5, 5.41) is 3.10. The Hall–Kier alpha value is -2.57. The van der Waals surface area contributed by atoms with E-state index in [-0.39, 0.29) is 10.7 Å². The van der Waals surface area contributed by atoms with Gasteiger partial charge in [-0.05, 0) is 61.6 Å². The zero-order chi connectivity index (χ0) is 17.3.